The van der Waals surface area contributed by atoms with E-state index in [-0.39, 0.29) is 0 Å². The Morgan fingerprint density at radius 2 is 1.38 bits per heavy atom. The van der Waals surface area contributed by atoms with Gasteiger partial charge in [-0.2, -0.15) is 0 Å². The minimum Gasteiger partial charge on any atom is -0.481 e. The average molecular weight is 461 g/mol. The van der Waals surface area contributed by atoms with Crippen molar-refractivity contribution >= 4 is 35.6 Å². The number of aliphatic hydroxyl groups excluding tert-OH is 1. The van der Waals surface area contributed by atoms with Crippen molar-refractivity contribution in [1.29, 1.82) is 0 Å². The van der Waals surface area contributed by atoms with Crippen molar-refractivity contribution < 1.29 is 44.1 Å². The molecule has 6 unspecified atom stereocenters. The lowest BCUT2D eigenvalue weighted by Gasteiger charge is -2.27. The largest absolute Gasteiger partial charge is 0.481 e. The monoisotopic (exact) mass is 461 g/mol. The quantitative estimate of drug-likeness (QED) is 0.127. The lowest BCUT2D eigenvalue weighted by molar-refractivity contribution is -0.144. The molecule has 6 atom stereocenters. The smallest absolute Gasteiger partial charge is 0.326 e. The Balaban J connectivity index is 5.61. The molecule has 0 saturated heterocycles. The van der Waals surface area contributed by atoms with Crippen LogP contribution in [0.3, 0.4) is 0 Å². The average Bonchev–Trinajstić information content (AvgIpc) is 2.68. The molecule has 0 aliphatic heterocycles. The van der Waals surface area contributed by atoms with E-state index in [2.05, 4.69) is 16.0 Å². The molecule has 14 heteroatoms. The van der Waals surface area contributed by atoms with Gasteiger partial charge >= 0.3 is 11.9 Å². The SMILES string of the molecule is CCC(C)C(NC(=O)C(CC(=O)O)NC(=O)C(N)C(C)O)C(=O)NC(CC(N)=O)C(=O)O. The topological polar surface area (TPSA) is 251 Å². The Bertz CT molecular complexity index is 728. The molecule has 4 amide bonds. The fourth-order valence-corrected chi connectivity index (χ4v) is 2.49. The first-order chi connectivity index (χ1) is 14.7. The maximum absolute atomic E-state index is 12.7. The van der Waals surface area contributed by atoms with E-state index in [0.29, 0.717) is 6.42 Å². The van der Waals surface area contributed by atoms with Crippen molar-refractivity contribution in [3.8, 4) is 0 Å². The molecular formula is C18H31N5O9. The van der Waals surface area contributed by atoms with Crippen LogP contribution >= 0.6 is 0 Å². The predicted molar refractivity (Wildman–Crippen MR) is 109 cm³/mol. The van der Waals surface area contributed by atoms with Crippen LogP contribution in [0.4, 0.5) is 0 Å². The molecular weight excluding hydrogens is 430 g/mol. The van der Waals surface area contributed by atoms with Crippen molar-refractivity contribution in [3.05, 3.63) is 0 Å². The van der Waals surface area contributed by atoms with Gasteiger partial charge in [0.2, 0.25) is 23.6 Å². The van der Waals surface area contributed by atoms with Crippen molar-refractivity contribution in [2.45, 2.75) is 70.3 Å². The second-order valence-electron chi connectivity index (χ2n) is 7.37. The first-order valence-electron chi connectivity index (χ1n) is 9.78. The Kier molecular flexibility index (Phi) is 11.9. The number of hydrogen-bond donors (Lipinski definition) is 8. The van der Waals surface area contributed by atoms with Gasteiger partial charge in [-0.05, 0) is 12.8 Å². The number of aliphatic carboxylic acids is 2. The fraction of sp³-hybridized carbons (Fsp3) is 0.667. The highest BCUT2D eigenvalue weighted by molar-refractivity contribution is 5.96. The Morgan fingerprint density at radius 1 is 0.844 bits per heavy atom. The highest BCUT2D eigenvalue weighted by Gasteiger charge is 2.34. The lowest BCUT2D eigenvalue weighted by Crippen LogP contribution is -2.59. The molecule has 0 saturated carbocycles. The van der Waals surface area contributed by atoms with Gasteiger partial charge in [0.05, 0.1) is 18.9 Å². The normalized spacial score (nSPS) is 16.4. The molecule has 0 spiro atoms. The summed E-state index contributed by atoms with van der Waals surface area (Å²) in [6.07, 6.45) is -2.45. The van der Waals surface area contributed by atoms with E-state index < -0.39 is 84.6 Å². The van der Waals surface area contributed by atoms with Crippen LogP contribution in [0, 0.1) is 5.92 Å². The van der Waals surface area contributed by atoms with Crippen LogP contribution in [0.1, 0.15) is 40.0 Å². The highest BCUT2D eigenvalue weighted by Crippen LogP contribution is 2.10. The van der Waals surface area contributed by atoms with Crippen LogP contribution in [0.15, 0.2) is 0 Å². The van der Waals surface area contributed by atoms with Crippen LogP contribution < -0.4 is 27.4 Å². The van der Waals surface area contributed by atoms with E-state index >= 15 is 0 Å². The Morgan fingerprint density at radius 3 is 1.78 bits per heavy atom. The Labute approximate surface area is 184 Å². The van der Waals surface area contributed by atoms with Gasteiger partial charge in [0.25, 0.3) is 0 Å². The van der Waals surface area contributed by atoms with E-state index in [4.69, 9.17) is 21.7 Å². The molecule has 10 N–H and O–H groups in total. The van der Waals surface area contributed by atoms with Gasteiger partial charge in [-0.25, -0.2) is 4.79 Å². The van der Waals surface area contributed by atoms with Crippen LogP contribution in [0.5, 0.6) is 0 Å². The summed E-state index contributed by atoms with van der Waals surface area (Å²) in [5, 5.41) is 34.1. The maximum Gasteiger partial charge on any atom is 0.326 e. The number of carbonyl (C=O) groups is 6. The van der Waals surface area contributed by atoms with Crippen molar-refractivity contribution in [2.24, 2.45) is 17.4 Å². The standard InChI is InChI=1S/C18H31N5O9/c1-4-7(2)14(17(30)22-10(18(31)32)5-11(19)25)23-15(28)9(6-12(26)27)21-16(29)13(20)8(3)24/h7-10,13-14,24H,4-6,20H2,1-3H3,(H2,19,25)(H,21,29)(H,22,30)(H,23,28)(H,26,27)(H,31,32). The van der Waals surface area contributed by atoms with Crippen LogP contribution in [0.25, 0.3) is 0 Å². The van der Waals surface area contributed by atoms with Gasteiger partial charge in [-0.15, -0.1) is 0 Å². The summed E-state index contributed by atoms with van der Waals surface area (Å²) in [4.78, 5) is 70.8. The molecule has 0 rings (SSSR count). The number of hydrogen-bond acceptors (Lipinski definition) is 8. The second kappa shape index (κ2) is 13.2. The number of amides is 4. The number of primary amides is 1. The molecule has 0 aromatic rings. The number of nitrogens with two attached hydrogens (primary N) is 2. The third-order valence-electron chi connectivity index (χ3n) is 4.65. The third-order valence-corrected chi connectivity index (χ3v) is 4.65. The van der Waals surface area contributed by atoms with Crippen LogP contribution in [-0.2, 0) is 28.8 Å². The molecule has 0 aromatic heterocycles. The third kappa shape index (κ3) is 9.70. The summed E-state index contributed by atoms with van der Waals surface area (Å²) < 4.78 is 0. The second-order valence-corrected chi connectivity index (χ2v) is 7.37. The minimum atomic E-state index is -1.64. The van der Waals surface area contributed by atoms with Crippen LogP contribution in [-0.4, -0.2) is 81.2 Å². The zero-order valence-electron chi connectivity index (χ0n) is 18.0. The number of nitrogens with one attached hydrogen (secondary N) is 3. The lowest BCUT2D eigenvalue weighted by atomic mass is 9.97. The first kappa shape index (κ1) is 28.7. The summed E-state index contributed by atoms with van der Waals surface area (Å²) in [7, 11) is 0. The summed E-state index contributed by atoms with van der Waals surface area (Å²) in [5.74, 6) is -7.44. The summed E-state index contributed by atoms with van der Waals surface area (Å²) in [5.41, 5.74) is 10.5. The molecule has 182 valence electrons. The number of rotatable bonds is 14. The minimum absolute atomic E-state index is 0.356. The molecule has 0 aliphatic carbocycles. The van der Waals surface area contributed by atoms with Crippen molar-refractivity contribution in [1.82, 2.24) is 16.0 Å². The molecule has 0 radical (unpaired) electrons. The summed E-state index contributed by atoms with van der Waals surface area (Å²) in [6.45, 7) is 4.49. The van der Waals surface area contributed by atoms with Gasteiger partial charge in [-0.1, -0.05) is 20.3 Å². The fourth-order valence-electron chi connectivity index (χ4n) is 2.49. The van der Waals surface area contributed by atoms with E-state index in [0.717, 1.165) is 0 Å². The molecule has 14 nitrogen and oxygen atoms in total. The number of aliphatic hydroxyl groups is 1. The first-order valence-corrected chi connectivity index (χ1v) is 9.78. The number of carboxylic acid groups (broad SMARTS) is 2. The Hall–Kier alpha value is -3.26. The molecule has 0 aromatic carbocycles. The number of carboxylic acids is 2. The molecule has 32 heavy (non-hydrogen) atoms. The van der Waals surface area contributed by atoms with Gasteiger partial charge in [0.1, 0.15) is 24.2 Å². The molecule has 0 fully saturated rings. The van der Waals surface area contributed by atoms with Crippen molar-refractivity contribution in [2.75, 3.05) is 0 Å². The van der Waals surface area contributed by atoms with E-state index in [1.54, 1.807) is 13.8 Å². The van der Waals surface area contributed by atoms with Gasteiger partial charge in [0.15, 0.2) is 0 Å². The molecule has 0 aliphatic rings. The zero-order chi connectivity index (χ0) is 25.2. The highest BCUT2D eigenvalue weighted by atomic mass is 16.4. The van der Waals surface area contributed by atoms with Gasteiger partial charge < -0.3 is 42.7 Å². The zero-order valence-corrected chi connectivity index (χ0v) is 18.0. The van der Waals surface area contributed by atoms with Gasteiger partial charge in [0, 0.05) is 0 Å². The van der Waals surface area contributed by atoms with Gasteiger partial charge in [-0.3, -0.25) is 24.0 Å². The maximum atomic E-state index is 12.7. The van der Waals surface area contributed by atoms with E-state index in [1.165, 1.54) is 6.92 Å². The van der Waals surface area contributed by atoms with Crippen molar-refractivity contribution in [3.63, 3.8) is 0 Å². The summed E-state index contributed by atoms with van der Waals surface area (Å²) >= 11 is 0. The van der Waals surface area contributed by atoms with E-state index in [9.17, 15) is 33.9 Å². The van der Waals surface area contributed by atoms with E-state index in [1.807, 2.05) is 0 Å². The molecule has 0 bridgehead atoms. The summed E-state index contributed by atoms with van der Waals surface area (Å²) in [6, 6.07) is -6.02. The predicted octanol–water partition coefficient (Wildman–Crippen LogP) is -3.37. The van der Waals surface area contributed by atoms with Crippen LogP contribution in [0.2, 0.25) is 0 Å². The molecule has 0 heterocycles. The number of carbonyl (C=O) groups excluding carboxylic acids is 4.